The fourth-order valence-electron chi connectivity index (χ4n) is 2.97. The van der Waals surface area contributed by atoms with Gasteiger partial charge in [0, 0.05) is 44.1 Å². The Bertz CT molecular complexity index is 621. The number of ether oxygens (including phenoxy) is 2. The number of carbonyl (C=O) groups excluding carboxylic acids is 2. The molecular weight excluding hydrogens is 308 g/mol. The largest absolute Gasteiger partial charge is 0.490 e. The van der Waals surface area contributed by atoms with Crippen LogP contribution in [0.1, 0.15) is 30.6 Å². The Morgan fingerprint density at radius 2 is 1.58 bits per heavy atom. The number of nitrogens with zero attached hydrogens (tertiary/aromatic N) is 2. The number of amides is 2. The molecule has 0 unspecified atom stereocenters. The normalized spacial score (nSPS) is 17.6. The molecule has 0 radical (unpaired) electrons. The monoisotopic (exact) mass is 332 g/mol. The van der Waals surface area contributed by atoms with E-state index in [0.29, 0.717) is 56.5 Å². The van der Waals surface area contributed by atoms with E-state index in [2.05, 4.69) is 0 Å². The molecule has 2 heterocycles. The molecule has 0 aromatic heterocycles. The molecule has 1 fully saturated rings. The van der Waals surface area contributed by atoms with Crippen molar-refractivity contribution >= 4 is 11.8 Å². The van der Waals surface area contributed by atoms with E-state index in [1.165, 1.54) is 0 Å². The van der Waals surface area contributed by atoms with Crippen LogP contribution < -0.4 is 9.47 Å². The number of hydrogen-bond acceptors (Lipinski definition) is 4. The third kappa shape index (κ3) is 3.47. The van der Waals surface area contributed by atoms with E-state index < -0.39 is 0 Å². The Hall–Kier alpha value is -2.24. The highest BCUT2D eigenvalue weighted by atomic mass is 16.5. The van der Waals surface area contributed by atoms with E-state index >= 15 is 0 Å². The molecule has 0 saturated carbocycles. The summed E-state index contributed by atoms with van der Waals surface area (Å²) >= 11 is 0. The molecule has 6 heteroatoms. The Morgan fingerprint density at radius 3 is 2.25 bits per heavy atom. The van der Waals surface area contributed by atoms with Crippen LogP contribution in [0.25, 0.3) is 0 Å². The molecule has 130 valence electrons. The Morgan fingerprint density at radius 1 is 0.958 bits per heavy atom. The van der Waals surface area contributed by atoms with Crippen LogP contribution in [0.5, 0.6) is 11.5 Å². The molecule has 1 saturated heterocycles. The summed E-state index contributed by atoms with van der Waals surface area (Å²) in [6, 6.07) is 5.34. The molecule has 2 aliphatic heterocycles. The molecule has 24 heavy (non-hydrogen) atoms. The first-order valence-corrected chi connectivity index (χ1v) is 8.54. The first kappa shape index (κ1) is 16.6. The van der Waals surface area contributed by atoms with E-state index in [9.17, 15) is 9.59 Å². The lowest BCUT2D eigenvalue weighted by Crippen LogP contribution is -2.51. The number of benzene rings is 1. The highest BCUT2D eigenvalue weighted by molar-refractivity contribution is 5.95. The molecule has 0 spiro atoms. The van der Waals surface area contributed by atoms with Gasteiger partial charge in [-0.2, -0.15) is 0 Å². The van der Waals surface area contributed by atoms with Crippen LogP contribution in [-0.2, 0) is 4.79 Å². The molecule has 2 aliphatic rings. The fraction of sp³-hybridized carbons (Fsp3) is 0.556. The van der Waals surface area contributed by atoms with Crippen LogP contribution in [0, 0.1) is 5.92 Å². The van der Waals surface area contributed by atoms with Gasteiger partial charge in [0.2, 0.25) is 5.91 Å². The smallest absolute Gasteiger partial charge is 0.254 e. The van der Waals surface area contributed by atoms with Crippen molar-refractivity contribution in [2.75, 3.05) is 39.4 Å². The summed E-state index contributed by atoms with van der Waals surface area (Å²) in [5.74, 6) is 1.44. The van der Waals surface area contributed by atoms with Crippen molar-refractivity contribution in [2.24, 2.45) is 5.92 Å². The quantitative estimate of drug-likeness (QED) is 0.828. The Kier molecular flexibility index (Phi) is 4.92. The molecular formula is C18H24N2O4. The highest BCUT2D eigenvalue weighted by Gasteiger charge is 2.26. The average molecular weight is 332 g/mol. The van der Waals surface area contributed by atoms with Crippen molar-refractivity contribution in [3.05, 3.63) is 23.8 Å². The van der Waals surface area contributed by atoms with Crippen LogP contribution in [0.4, 0.5) is 0 Å². The maximum atomic E-state index is 12.7. The van der Waals surface area contributed by atoms with Crippen molar-refractivity contribution in [2.45, 2.75) is 20.3 Å². The SMILES string of the molecule is CC(C)C(=O)N1CCN(C(=O)c2ccc3c(c2)OCCCO3)CC1. The summed E-state index contributed by atoms with van der Waals surface area (Å²) in [5, 5.41) is 0. The van der Waals surface area contributed by atoms with Crippen molar-refractivity contribution in [1.29, 1.82) is 0 Å². The molecule has 0 aliphatic carbocycles. The van der Waals surface area contributed by atoms with E-state index in [1.54, 1.807) is 23.1 Å². The molecule has 2 amide bonds. The second kappa shape index (κ2) is 7.11. The van der Waals surface area contributed by atoms with E-state index in [1.807, 2.05) is 18.7 Å². The number of carbonyl (C=O) groups is 2. The summed E-state index contributed by atoms with van der Waals surface area (Å²) in [6.07, 6.45) is 0.837. The Balaban J connectivity index is 1.65. The third-order valence-corrected chi connectivity index (χ3v) is 4.37. The van der Waals surface area contributed by atoms with Crippen molar-refractivity contribution in [1.82, 2.24) is 9.80 Å². The minimum Gasteiger partial charge on any atom is -0.490 e. The predicted molar refractivity (Wildman–Crippen MR) is 89.4 cm³/mol. The van der Waals surface area contributed by atoms with Gasteiger partial charge in [-0.15, -0.1) is 0 Å². The van der Waals surface area contributed by atoms with Gasteiger partial charge in [0.25, 0.3) is 5.91 Å². The number of piperazine rings is 1. The number of fused-ring (bicyclic) bond motifs is 1. The summed E-state index contributed by atoms with van der Waals surface area (Å²) < 4.78 is 11.3. The van der Waals surface area contributed by atoms with Crippen molar-refractivity contribution in [3.63, 3.8) is 0 Å². The van der Waals surface area contributed by atoms with Crippen LogP contribution in [0.3, 0.4) is 0 Å². The van der Waals surface area contributed by atoms with Gasteiger partial charge in [-0.3, -0.25) is 9.59 Å². The lowest BCUT2D eigenvalue weighted by Gasteiger charge is -2.35. The fourth-order valence-corrected chi connectivity index (χ4v) is 2.97. The predicted octanol–water partition coefficient (Wildman–Crippen LogP) is 1.79. The zero-order valence-corrected chi connectivity index (χ0v) is 14.3. The van der Waals surface area contributed by atoms with Gasteiger partial charge >= 0.3 is 0 Å². The first-order chi connectivity index (χ1) is 11.6. The van der Waals surface area contributed by atoms with Gasteiger partial charge in [-0.25, -0.2) is 0 Å². The van der Waals surface area contributed by atoms with Gasteiger partial charge < -0.3 is 19.3 Å². The minimum absolute atomic E-state index is 0.00557. The number of rotatable bonds is 2. The second-order valence-electron chi connectivity index (χ2n) is 6.48. The van der Waals surface area contributed by atoms with Crippen LogP contribution in [0.15, 0.2) is 18.2 Å². The van der Waals surface area contributed by atoms with Crippen LogP contribution in [-0.4, -0.2) is 61.0 Å². The van der Waals surface area contributed by atoms with Gasteiger partial charge in [0.05, 0.1) is 13.2 Å². The van der Waals surface area contributed by atoms with Gasteiger partial charge in [-0.05, 0) is 18.2 Å². The summed E-state index contributed by atoms with van der Waals surface area (Å²) in [7, 11) is 0. The second-order valence-corrected chi connectivity index (χ2v) is 6.48. The molecule has 0 N–H and O–H groups in total. The first-order valence-electron chi connectivity index (χ1n) is 8.54. The molecule has 1 aromatic carbocycles. The lowest BCUT2D eigenvalue weighted by molar-refractivity contribution is -0.135. The van der Waals surface area contributed by atoms with Gasteiger partial charge in [0.15, 0.2) is 11.5 Å². The van der Waals surface area contributed by atoms with E-state index in [0.717, 1.165) is 6.42 Å². The minimum atomic E-state index is -0.0257. The van der Waals surface area contributed by atoms with Crippen molar-refractivity contribution < 1.29 is 19.1 Å². The zero-order chi connectivity index (χ0) is 17.1. The average Bonchev–Trinajstić information content (AvgIpc) is 2.85. The topological polar surface area (TPSA) is 59.1 Å². The summed E-state index contributed by atoms with van der Waals surface area (Å²) in [5.41, 5.74) is 0.600. The Labute approximate surface area is 142 Å². The maximum Gasteiger partial charge on any atom is 0.254 e. The summed E-state index contributed by atoms with van der Waals surface area (Å²) in [4.78, 5) is 28.4. The molecule has 1 aromatic rings. The van der Waals surface area contributed by atoms with Crippen molar-refractivity contribution in [3.8, 4) is 11.5 Å². The van der Waals surface area contributed by atoms with Gasteiger partial charge in [-0.1, -0.05) is 13.8 Å². The zero-order valence-electron chi connectivity index (χ0n) is 14.3. The van der Waals surface area contributed by atoms with E-state index in [-0.39, 0.29) is 17.7 Å². The molecule has 0 atom stereocenters. The third-order valence-electron chi connectivity index (χ3n) is 4.37. The molecule has 3 rings (SSSR count). The van der Waals surface area contributed by atoms with Crippen LogP contribution in [0.2, 0.25) is 0 Å². The maximum absolute atomic E-state index is 12.7. The highest BCUT2D eigenvalue weighted by Crippen LogP contribution is 2.30. The molecule has 0 bridgehead atoms. The standard InChI is InChI=1S/C18H24N2O4/c1-13(2)17(21)19-6-8-20(9-7-19)18(22)14-4-5-15-16(12-14)24-11-3-10-23-15/h4-5,12-13H,3,6-11H2,1-2H3. The van der Waals surface area contributed by atoms with Gasteiger partial charge in [0.1, 0.15) is 0 Å². The van der Waals surface area contributed by atoms with E-state index in [4.69, 9.17) is 9.47 Å². The number of hydrogen-bond donors (Lipinski definition) is 0. The summed E-state index contributed by atoms with van der Waals surface area (Å²) in [6.45, 7) is 7.33. The molecule has 6 nitrogen and oxygen atoms in total. The lowest BCUT2D eigenvalue weighted by atomic mass is 10.1. The van der Waals surface area contributed by atoms with Crippen LogP contribution >= 0.6 is 0 Å².